The fraction of sp³-hybridized carbons (Fsp3) is 0.588. The zero-order valence-corrected chi connectivity index (χ0v) is 12.9. The number of rotatable bonds is 5. The van der Waals surface area contributed by atoms with Crippen LogP contribution in [-0.2, 0) is 4.79 Å². The first-order chi connectivity index (χ1) is 10.2. The number of amides is 1. The normalized spacial score (nSPS) is 20.1. The number of ether oxygens (including phenoxy) is 1. The molecule has 1 saturated heterocycles. The largest absolute Gasteiger partial charge is 0.496 e. The van der Waals surface area contributed by atoms with Gasteiger partial charge >= 0.3 is 0 Å². The average Bonchev–Trinajstić information content (AvgIpc) is 2.54. The quantitative estimate of drug-likeness (QED) is 0.906. The highest BCUT2D eigenvalue weighted by Crippen LogP contribution is 2.29. The van der Waals surface area contributed by atoms with E-state index in [1.807, 2.05) is 29.2 Å². The number of hydrogen-bond donors (Lipinski definition) is 1. The van der Waals surface area contributed by atoms with E-state index in [0.717, 1.165) is 30.7 Å². The molecule has 2 atom stereocenters. The van der Waals surface area contributed by atoms with Crippen molar-refractivity contribution in [1.29, 1.82) is 0 Å². The van der Waals surface area contributed by atoms with E-state index in [9.17, 15) is 9.90 Å². The summed E-state index contributed by atoms with van der Waals surface area (Å²) in [5.41, 5.74) is 1.07. The summed E-state index contributed by atoms with van der Waals surface area (Å²) in [4.78, 5) is 14.3. The van der Waals surface area contributed by atoms with Gasteiger partial charge in [0, 0.05) is 26.1 Å². The number of aliphatic hydroxyl groups is 1. The summed E-state index contributed by atoms with van der Waals surface area (Å²) in [6.07, 6.45) is 2.49. The predicted octanol–water partition coefficient (Wildman–Crippen LogP) is 2.42. The fourth-order valence-corrected chi connectivity index (χ4v) is 3.02. The number of para-hydroxylation sites is 1. The van der Waals surface area contributed by atoms with Gasteiger partial charge in [0.15, 0.2) is 0 Å². The van der Waals surface area contributed by atoms with Gasteiger partial charge in [0.25, 0.3) is 0 Å². The van der Waals surface area contributed by atoms with E-state index in [-0.39, 0.29) is 24.3 Å². The molecule has 1 aromatic carbocycles. The Morgan fingerprint density at radius 3 is 2.95 bits per heavy atom. The van der Waals surface area contributed by atoms with Gasteiger partial charge in [0.2, 0.25) is 5.91 Å². The van der Waals surface area contributed by atoms with Crippen LogP contribution in [0.15, 0.2) is 24.3 Å². The van der Waals surface area contributed by atoms with E-state index in [1.165, 1.54) is 0 Å². The summed E-state index contributed by atoms with van der Waals surface area (Å²) < 4.78 is 5.37. The number of nitrogens with zero attached hydrogens (tertiary/aromatic N) is 1. The minimum atomic E-state index is 0.128. The molecule has 1 aromatic rings. The van der Waals surface area contributed by atoms with Crippen LogP contribution in [0.4, 0.5) is 0 Å². The van der Waals surface area contributed by atoms with Crippen molar-refractivity contribution in [1.82, 2.24) is 4.90 Å². The average molecular weight is 291 g/mol. The Bertz CT molecular complexity index is 475. The molecule has 1 fully saturated rings. The molecule has 1 aliphatic rings. The van der Waals surface area contributed by atoms with Gasteiger partial charge < -0.3 is 14.7 Å². The molecule has 4 nitrogen and oxygen atoms in total. The van der Waals surface area contributed by atoms with E-state index in [2.05, 4.69) is 6.92 Å². The maximum Gasteiger partial charge on any atom is 0.223 e. The van der Waals surface area contributed by atoms with E-state index >= 15 is 0 Å². The third-order valence-corrected chi connectivity index (χ3v) is 4.28. The molecule has 1 amide bonds. The first-order valence-corrected chi connectivity index (χ1v) is 7.67. The molecule has 21 heavy (non-hydrogen) atoms. The summed E-state index contributed by atoms with van der Waals surface area (Å²) in [6.45, 7) is 3.73. The molecule has 0 radical (unpaired) electrons. The Labute approximate surface area is 126 Å². The number of benzene rings is 1. The van der Waals surface area contributed by atoms with Crippen LogP contribution in [-0.4, -0.2) is 42.7 Å². The van der Waals surface area contributed by atoms with E-state index in [1.54, 1.807) is 7.11 Å². The monoisotopic (exact) mass is 291 g/mol. The Morgan fingerprint density at radius 1 is 1.48 bits per heavy atom. The van der Waals surface area contributed by atoms with E-state index < -0.39 is 0 Å². The third-order valence-electron chi connectivity index (χ3n) is 4.28. The van der Waals surface area contributed by atoms with Crippen LogP contribution >= 0.6 is 0 Å². The second kappa shape index (κ2) is 7.46. The topological polar surface area (TPSA) is 49.8 Å². The third kappa shape index (κ3) is 3.97. The van der Waals surface area contributed by atoms with Crippen LogP contribution in [0.25, 0.3) is 0 Å². The molecule has 0 saturated carbocycles. The number of piperidine rings is 1. The lowest BCUT2D eigenvalue weighted by molar-refractivity contribution is -0.133. The first kappa shape index (κ1) is 15.8. The van der Waals surface area contributed by atoms with Gasteiger partial charge in [-0.15, -0.1) is 0 Å². The van der Waals surface area contributed by atoms with Gasteiger partial charge in [-0.1, -0.05) is 25.1 Å². The highest BCUT2D eigenvalue weighted by molar-refractivity contribution is 5.77. The Kier molecular flexibility index (Phi) is 5.62. The smallest absolute Gasteiger partial charge is 0.223 e. The van der Waals surface area contributed by atoms with Crippen LogP contribution < -0.4 is 4.74 Å². The molecule has 116 valence electrons. The van der Waals surface area contributed by atoms with E-state index in [0.29, 0.717) is 13.0 Å². The van der Waals surface area contributed by atoms with Crippen molar-refractivity contribution >= 4 is 5.91 Å². The van der Waals surface area contributed by atoms with Gasteiger partial charge in [-0.25, -0.2) is 0 Å². The van der Waals surface area contributed by atoms with Gasteiger partial charge in [-0.3, -0.25) is 4.79 Å². The minimum absolute atomic E-state index is 0.128. The molecule has 0 bridgehead atoms. The fourth-order valence-electron chi connectivity index (χ4n) is 3.02. The van der Waals surface area contributed by atoms with Crippen molar-refractivity contribution < 1.29 is 14.6 Å². The van der Waals surface area contributed by atoms with Gasteiger partial charge in [-0.05, 0) is 36.3 Å². The van der Waals surface area contributed by atoms with Gasteiger partial charge in [-0.2, -0.15) is 0 Å². The molecule has 0 spiro atoms. The SMILES string of the molecule is COc1ccccc1C(C)CC(=O)N1CCCC(CO)C1. The predicted molar refractivity (Wildman–Crippen MR) is 82.4 cm³/mol. The summed E-state index contributed by atoms with van der Waals surface area (Å²) in [7, 11) is 1.66. The van der Waals surface area contributed by atoms with Crippen LogP contribution in [0, 0.1) is 5.92 Å². The van der Waals surface area contributed by atoms with Crippen LogP contribution in [0.5, 0.6) is 5.75 Å². The number of likely N-dealkylation sites (tertiary alicyclic amines) is 1. The van der Waals surface area contributed by atoms with Crippen molar-refractivity contribution in [2.45, 2.75) is 32.1 Å². The lowest BCUT2D eigenvalue weighted by Gasteiger charge is -2.32. The molecule has 0 aromatic heterocycles. The van der Waals surface area contributed by atoms with E-state index in [4.69, 9.17) is 4.74 Å². The molecular formula is C17H25NO3. The molecule has 1 heterocycles. The zero-order chi connectivity index (χ0) is 15.2. The zero-order valence-electron chi connectivity index (χ0n) is 12.9. The maximum atomic E-state index is 12.4. The van der Waals surface area contributed by atoms with Crippen LogP contribution in [0.3, 0.4) is 0 Å². The highest BCUT2D eigenvalue weighted by Gasteiger charge is 2.25. The van der Waals surface area contributed by atoms with Crippen LogP contribution in [0.2, 0.25) is 0 Å². The lowest BCUT2D eigenvalue weighted by Crippen LogP contribution is -2.41. The van der Waals surface area contributed by atoms with Crippen molar-refractivity contribution in [3.05, 3.63) is 29.8 Å². The standard InChI is InChI=1S/C17H25NO3/c1-13(15-7-3-4-8-16(15)21-2)10-17(20)18-9-5-6-14(11-18)12-19/h3-4,7-8,13-14,19H,5-6,9-12H2,1-2H3. The molecule has 2 rings (SSSR count). The van der Waals surface area contributed by atoms with Crippen molar-refractivity contribution in [2.24, 2.45) is 5.92 Å². The second-order valence-electron chi connectivity index (χ2n) is 5.88. The summed E-state index contributed by atoms with van der Waals surface area (Å²) in [5.74, 6) is 1.38. The summed E-state index contributed by atoms with van der Waals surface area (Å²) in [5, 5.41) is 9.26. The molecule has 4 heteroatoms. The van der Waals surface area contributed by atoms with Crippen molar-refractivity contribution in [3.63, 3.8) is 0 Å². The second-order valence-corrected chi connectivity index (χ2v) is 5.88. The Hall–Kier alpha value is -1.55. The Balaban J connectivity index is 1.98. The summed E-state index contributed by atoms with van der Waals surface area (Å²) >= 11 is 0. The molecule has 0 aliphatic carbocycles. The molecule has 1 aliphatic heterocycles. The maximum absolute atomic E-state index is 12.4. The number of hydrogen-bond acceptors (Lipinski definition) is 3. The lowest BCUT2D eigenvalue weighted by atomic mass is 9.94. The minimum Gasteiger partial charge on any atom is -0.496 e. The van der Waals surface area contributed by atoms with Crippen molar-refractivity contribution in [2.75, 3.05) is 26.8 Å². The van der Waals surface area contributed by atoms with Gasteiger partial charge in [0.05, 0.1) is 7.11 Å². The number of carbonyl (C=O) groups excluding carboxylic acids is 1. The Morgan fingerprint density at radius 2 is 2.24 bits per heavy atom. The number of aliphatic hydroxyl groups excluding tert-OH is 1. The highest BCUT2D eigenvalue weighted by atomic mass is 16.5. The molecule has 1 N–H and O–H groups in total. The van der Waals surface area contributed by atoms with Crippen LogP contribution in [0.1, 0.15) is 37.7 Å². The molecular weight excluding hydrogens is 266 g/mol. The first-order valence-electron chi connectivity index (χ1n) is 7.67. The number of methoxy groups -OCH3 is 1. The van der Waals surface area contributed by atoms with Crippen molar-refractivity contribution in [3.8, 4) is 5.75 Å². The van der Waals surface area contributed by atoms with Gasteiger partial charge in [0.1, 0.15) is 5.75 Å². The summed E-state index contributed by atoms with van der Waals surface area (Å²) in [6, 6.07) is 7.86. The number of carbonyl (C=O) groups is 1. The molecule has 2 unspecified atom stereocenters.